The Hall–Kier alpha value is -1.32. The summed E-state index contributed by atoms with van der Waals surface area (Å²) in [6, 6.07) is 8.12. The molecule has 16 heavy (non-hydrogen) atoms. The molecule has 1 aliphatic heterocycles. The summed E-state index contributed by atoms with van der Waals surface area (Å²) in [5.41, 5.74) is 1.25. The highest BCUT2D eigenvalue weighted by Gasteiger charge is 2.11. The van der Waals surface area contributed by atoms with Crippen molar-refractivity contribution in [3.63, 3.8) is 0 Å². The van der Waals surface area contributed by atoms with E-state index in [-0.39, 0.29) is 0 Å². The summed E-state index contributed by atoms with van der Waals surface area (Å²) in [5, 5.41) is 1.94. The summed E-state index contributed by atoms with van der Waals surface area (Å²) < 4.78 is 5.26. The van der Waals surface area contributed by atoms with E-state index in [0.717, 1.165) is 38.5 Å². The van der Waals surface area contributed by atoms with Crippen LogP contribution in [0, 0.1) is 0 Å². The Morgan fingerprint density at radius 1 is 1.25 bits per heavy atom. The number of allylic oxidation sites excluding steroid dienone is 1. The first-order chi connectivity index (χ1) is 7.88. The number of benzene rings is 1. The van der Waals surface area contributed by atoms with Crippen LogP contribution >= 0.6 is 0 Å². The van der Waals surface area contributed by atoms with Crippen LogP contribution in [0.15, 0.2) is 36.9 Å². The first-order valence-electron chi connectivity index (χ1n) is 5.59. The summed E-state index contributed by atoms with van der Waals surface area (Å²) in [6.45, 7) is 6.86. The molecule has 0 atom stereocenters. The highest BCUT2D eigenvalue weighted by atomic mass is 16.7. The number of rotatable bonds is 4. The average molecular weight is 219 g/mol. The minimum atomic E-state index is 0.745. The van der Waals surface area contributed by atoms with Gasteiger partial charge in [-0.1, -0.05) is 18.2 Å². The molecule has 0 bridgehead atoms. The molecule has 1 aromatic rings. The fourth-order valence-electron chi connectivity index (χ4n) is 1.64. The Balaban J connectivity index is 1.90. The van der Waals surface area contributed by atoms with Crippen LogP contribution in [0.25, 0.3) is 0 Å². The maximum absolute atomic E-state index is 5.72. The van der Waals surface area contributed by atoms with Crippen LogP contribution in [0.1, 0.15) is 5.56 Å². The summed E-state index contributed by atoms with van der Waals surface area (Å²) in [4.78, 5) is 5.72. The smallest absolute Gasteiger partial charge is 0.147 e. The lowest BCUT2D eigenvalue weighted by atomic mass is 10.1. The third kappa shape index (κ3) is 3.08. The van der Waals surface area contributed by atoms with Crippen LogP contribution in [0.3, 0.4) is 0 Å². The standard InChI is InChI=1S/C13H17NO2/c1-2-3-12-4-6-13(7-5-12)16-14-8-10-15-11-9-14/h2,4-7H,1,3,8-11H2. The predicted octanol–water partition coefficient (Wildman–Crippen LogP) is 2.04. The summed E-state index contributed by atoms with van der Waals surface area (Å²) in [7, 11) is 0. The molecular formula is C13H17NO2. The number of hydrogen-bond donors (Lipinski definition) is 0. The molecule has 1 aromatic carbocycles. The predicted molar refractivity (Wildman–Crippen MR) is 63.4 cm³/mol. The number of nitrogens with zero attached hydrogens (tertiary/aromatic N) is 1. The normalized spacial score (nSPS) is 17.0. The SMILES string of the molecule is C=CCc1ccc(ON2CCOCC2)cc1. The van der Waals surface area contributed by atoms with Crippen molar-refractivity contribution in [3.8, 4) is 5.75 Å². The molecule has 0 saturated carbocycles. The van der Waals surface area contributed by atoms with E-state index >= 15 is 0 Å². The zero-order valence-electron chi connectivity index (χ0n) is 9.39. The second-order valence-electron chi connectivity index (χ2n) is 3.77. The minimum Gasteiger partial charge on any atom is -0.406 e. The maximum atomic E-state index is 5.72. The molecule has 0 radical (unpaired) electrons. The first kappa shape index (κ1) is 11.2. The van der Waals surface area contributed by atoms with Crippen LogP contribution in [-0.4, -0.2) is 31.4 Å². The number of hydrogen-bond acceptors (Lipinski definition) is 3. The lowest BCUT2D eigenvalue weighted by molar-refractivity contribution is -0.118. The minimum absolute atomic E-state index is 0.745. The molecule has 0 aliphatic carbocycles. The van der Waals surface area contributed by atoms with Crippen LogP contribution in [0.5, 0.6) is 5.75 Å². The van der Waals surface area contributed by atoms with E-state index in [2.05, 4.69) is 18.7 Å². The van der Waals surface area contributed by atoms with E-state index in [0.29, 0.717) is 0 Å². The van der Waals surface area contributed by atoms with Crippen molar-refractivity contribution in [2.24, 2.45) is 0 Å². The fraction of sp³-hybridized carbons (Fsp3) is 0.385. The Kier molecular flexibility index (Phi) is 3.97. The van der Waals surface area contributed by atoms with Gasteiger partial charge in [-0.25, -0.2) is 0 Å². The zero-order valence-corrected chi connectivity index (χ0v) is 9.39. The van der Waals surface area contributed by atoms with E-state index in [4.69, 9.17) is 9.57 Å². The molecule has 0 N–H and O–H groups in total. The van der Waals surface area contributed by atoms with Gasteiger partial charge in [0.15, 0.2) is 0 Å². The molecular weight excluding hydrogens is 202 g/mol. The second-order valence-corrected chi connectivity index (χ2v) is 3.77. The second kappa shape index (κ2) is 5.68. The number of hydroxylamine groups is 2. The fourth-order valence-corrected chi connectivity index (χ4v) is 1.64. The molecule has 1 saturated heterocycles. The van der Waals surface area contributed by atoms with E-state index in [9.17, 15) is 0 Å². The number of ether oxygens (including phenoxy) is 1. The van der Waals surface area contributed by atoms with E-state index in [1.54, 1.807) is 0 Å². The molecule has 1 fully saturated rings. The molecule has 0 unspecified atom stereocenters. The van der Waals surface area contributed by atoms with Crippen molar-refractivity contribution in [1.82, 2.24) is 5.06 Å². The highest BCUT2D eigenvalue weighted by molar-refractivity contribution is 5.28. The molecule has 0 amide bonds. The summed E-state index contributed by atoms with van der Waals surface area (Å²) >= 11 is 0. The van der Waals surface area contributed by atoms with Crippen LogP contribution < -0.4 is 4.84 Å². The monoisotopic (exact) mass is 219 g/mol. The lowest BCUT2D eigenvalue weighted by Crippen LogP contribution is -2.38. The van der Waals surface area contributed by atoms with Crippen LogP contribution in [0.4, 0.5) is 0 Å². The Morgan fingerprint density at radius 3 is 2.56 bits per heavy atom. The largest absolute Gasteiger partial charge is 0.406 e. The Bertz CT molecular complexity index is 328. The van der Waals surface area contributed by atoms with Crippen molar-refractivity contribution in [2.45, 2.75) is 6.42 Å². The van der Waals surface area contributed by atoms with Gasteiger partial charge in [-0.3, -0.25) is 0 Å². The third-order valence-corrected chi connectivity index (χ3v) is 2.51. The van der Waals surface area contributed by atoms with Crippen molar-refractivity contribution in [1.29, 1.82) is 0 Å². The maximum Gasteiger partial charge on any atom is 0.147 e. The van der Waals surface area contributed by atoms with Gasteiger partial charge in [0.05, 0.1) is 26.3 Å². The molecule has 3 heteroatoms. The van der Waals surface area contributed by atoms with Crippen LogP contribution in [0.2, 0.25) is 0 Å². The topological polar surface area (TPSA) is 21.7 Å². The average Bonchev–Trinajstić information content (AvgIpc) is 2.33. The molecule has 3 nitrogen and oxygen atoms in total. The molecule has 1 aliphatic rings. The van der Waals surface area contributed by atoms with E-state index in [1.165, 1.54) is 5.56 Å². The summed E-state index contributed by atoms with van der Waals surface area (Å²) in [5.74, 6) is 0.884. The van der Waals surface area contributed by atoms with Crippen molar-refractivity contribution in [3.05, 3.63) is 42.5 Å². The quantitative estimate of drug-likeness (QED) is 0.723. The van der Waals surface area contributed by atoms with Gasteiger partial charge < -0.3 is 9.57 Å². The molecule has 0 spiro atoms. The van der Waals surface area contributed by atoms with E-state index in [1.807, 2.05) is 23.3 Å². The van der Waals surface area contributed by atoms with Gasteiger partial charge in [-0.05, 0) is 24.1 Å². The molecule has 1 heterocycles. The van der Waals surface area contributed by atoms with Gasteiger partial charge in [-0.15, -0.1) is 11.6 Å². The highest BCUT2D eigenvalue weighted by Crippen LogP contribution is 2.14. The van der Waals surface area contributed by atoms with Gasteiger partial charge in [0.25, 0.3) is 0 Å². The van der Waals surface area contributed by atoms with Crippen molar-refractivity contribution >= 4 is 0 Å². The van der Waals surface area contributed by atoms with E-state index < -0.39 is 0 Å². The molecule has 2 rings (SSSR count). The van der Waals surface area contributed by atoms with Crippen molar-refractivity contribution in [2.75, 3.05) is 26.3 Å². The Morgan fingerprint density at radius 2 is 1.94 bits per heavy atom. The summed E-state index contributed by atoms with van der Waals surface area (Å²) in [6.07, 6.45) is 2.80. The number of morpholine rings is 1. The van der Waals surface area contributed by atoms with Gasteiger partial charge in [0, 0.05) is 0 Å². The molecule has 0 aromatic heterocycles. The van der Waals surface area contributed by atoms with Crippen molar-refractivity contribution < 1.29 is 9.57 Å². The lowest BCUT2D eigenvalue weighted by Gasteiger charge is -2.26. The van der Waals surface area contributed by atoms with Gasteiger partial charge in [-0.2, -0.15) is 0 Å². The zero-order chi connectivity index (χ0) is 11.2. The molecule has 86 valence electrons. The Labute approximate surface area is 96.2 Å². The van der Waals surface area contributed by atoms with Gasteiger partial charge >= 0.3 is 0 Å². The van der Waals surface area contributed by atoms with Crippen LogP contribution in [-0.2, 0) is 11.2 Å². The van der Waals surface area contributed by atoms with Gasteiger partial charge in [0.1, 0.15) is 5.75 Å². The first-order valence-corrected chi connectivity index (χ1v) is 5.59. The third-order valence-electron chi connectivity index (χ3n) is 2.51. The van der Waals surface area contributed by atoms with Gasteiger partial charge in [0.2, 0.25) is 0 Å².